The summed E-state index contributed by atoms with van der Waals surface area (Å²) < 4.78 is 10.6. The monoisotopic (exact) mass is 331 g/mol. The van der Waals surface area contributed by atoms with Crippen molar-refractivity contribution < 1.29 is 13.9 Å². The van der Waals surface area contributed by atoms with Gasteiger partial charge in [0, 0.05) is 5.39 Å². The van der Waals surface area contributed by atoms with Gasteiger partial charge in [0.25, 0.3) is 0 Å². The van der Waals surface area contributed by atoms with Crippen molar-refractivity contribution in [2.75, 3.05) is 19.6 Å². The molecule has 0 N–H and O–H groups in total. The fourth-order valence-corrected chi connectivity index (χ4v) is 2.65. The third kappa shape index (κ3) is 4.68. The number of carbonyl (C=O) groups is 1. The maximum atomic E-state index is 12.2. The maximum Gasteiger partial charge on any atom is 0.351 e. The van der Waals surface area contributed by atoms with Gasteiger partial charge >= 0.3 is 11.6 Å². The number of hydrogen-bond acceptors (Lipinski definition) is 5. The zero-order chi connectivity index (χ0) is 17.5. The van der Waals surface area contributed by atoms with E-state index in [4.69, 9.17) is 9.15 Å². The number of nitrogens with zero attached hydrogens (tertiary/aromatic N) is 1. The normalized spacial score (nSPS) is 12.5. The Morgan fingerprint density at radius 2 is 1.96 bits per heavy atom. The Balaban J connectivity index is 1.97. The van der Waals surface area contributed by atoms with E-state index in [-0.39, 0.29) is 11.7 Å². The van der Waals surface area contributed by atoms with Crippen molar-refractivity contribution in [2.45, 2.75) is 39.7 Å². The van der Waals surface area contributed by atoms with E-state index in [2.05, 4.69) is 18.7 Å². The standard InChI is InChI=1S/C19H25NO4/c1-4-20(5-2)12-8-9-14(3)23-18(21)16-13-15-10-6-7-11-17(15)24-19(16)22/h6-7,10-11,13-14H,4-5,8-9,12H2,1-3H3. The maximum absolute atomic E-state index is 12.2. The molecule has 1 unspecified atom stereocenters. The van der Waals surface area contributed by atoms with Crippen LogP contribution in [0, 0.1) is 0 Å². The molecule has 0 aliphatic heterocycles. The highest BCUT2D eigenvalue weighted by atomic mass is 16.5. The Labute approximate surface area is 142 Å². The van der Waals surface area contributed by atoms with Crippen LogP contribution in [0.1, 0.15) is 44.0 Å². The Morgan fingerprint density at radius 1 is 1.25 bits per heavy atom. The number of hydrogen-bond donors (Lipinski definition) is 0. The molecule has 2 aromatic rings. The van der Waals surface area contributed by atoms with Gasteiger partial charge in [-0.25, -0.2) is 9.59 Å². The first-order chi connectivity index (χ1) is 11.5. The topological polar surface area (TPSA) is 59.8 Å². The summed E-state index contributed by atoms with van der Waals surface area (Å²) in [6.07, 6.45) is 1.47. The zero-order valence-electron chi connectivity index (χ0n) is 14.6. The summed E-state index contributed by atoms with van der Waals surface area (Å²) in [6, 6.07) is 8.63. The van der Waals surface area contributed by atoms with Crippen LogP contribution in [-0.4, -0.2) is 36.6 Å². The molecule has 0 saturated carbocycles. The van der Waals surface area contributed by atoms with E-state index in [9.17, 15) is 9.59 Å². The summed E-state index contributed by atoms with van der Waals surface area (Å²) in [6.45, 7) is 9.12. The molecule has 0 saturated heterocycles. The number of fused-ring (bicyclic) bond motifs is 1. The number of para-hydroxylation sites is 1. The van der Waals surface area contributed by atoms with Gasteiger partial charge in [0.05, 0.1) is 6.10 Å². The highest BCUT2D eigenvalue weighted by molar-refractivity contribution is 5.92. The van der Waals surface area contributed by atoms with E-state index in [1.807, 2.05) is 13.0 Å². The third-order valence-corrected chi connectivity index (χ3v) is 4.15. The second-order valence-electron chi connectivity index (χ2n) is 5.87. The molecule has 5 nitrogen and oxygen atoms in total. The Bertz CT molecular complexity index is 733. The molecular weight excluding hydrogens is 306 g/mol. The van der Waals surface area contributed by atoms with Crippen LogP contribution in [0.5, 0.6) is 0 Å². The molecule has 1 aromatic carbocycles. The molecule has 2 rings (SSSR count). The van der Waals surface area contributed by atoms with Crippen molar-refractivity contribution in [1.29, 1.82) is 0 Å². The van der Waals surface area contributed by atoms with Crippen LogP contribution in [0.2, 0.25) is 0 Å². The van der Waals surface area contributed by atoms with Gasteiger partial charge < -0.3 is 14.1 Å². The average Bonchev–Trinajstić information content (AvgIpc) is 2.58. The highest BCUT2D eigenvalue weighted by Crippen LogP contribution is 2.14. The van der Waals surface area contributed by atoms with Gasteiger partial charge in [-0.1, -0.05) is 32.0 Å². The molecule has 0 radical (unpaired) electrons. The number of ether oxygens (including phenoxy) is 1. The summed E-state index contributed by atoms with van der Waals surface area (Å²) in [5.41, 5.74) is -0.246. The quantitative estimate of drug-likeness (QED) is 0.547. The summed E-state index contributed by atoms with van der Waals surface area (Å²) >= 11 is 0. The molecule has 0 aliphatic carbocycles. The third-order valence-electron chi connectivity index (χ3n) is 4.15. The van der Waals surface area contributed by atoms with Crippen LogP contribution in [0.25, 0.3) is 11.0 Å². The minimum Gasteiger partial charge on any atom is -0.459 e. The molecule has 0 amide bonds. The summed E-state index contributed by atoms with van der Waals surface area (Å²) in [7, 11) is 0. The van der Waals surface area contributed by atoms with Crippen LogP contribution in [0.3, 0.4) is 0 Å². The molecule has 0 fully saturated rings. The largest absolute Gasteiger partial charge is 0.459 e. The predicted molar refractivity (Wildman–Crippen MR) is 94.4 cm³/mol. The predicted octanol–water partition coefficient (Wildman–Crippen LogP) is 3.46. The fraction of sp³-hybridized carbons (Fsp3) is 0.474. The van der Waals surface area contributed by atoms with Crippen molar-refractivity contribution in [1.82, 2.24) is 4.90 Å². The lowest BCUT2D eigenvalue weighted by molar-refractivity contribution is 0.0311. The van der Waals surface area contributed by atoms with Crippen LogP contribution in [0.4, 0.5) is 0 Å². The number of benzene rings is 1. The van der Waals surface area contributed by atoms with Gasteiger partial charge in [-0.2, -0.15) is 0 Å². The highest BCUT2D eigenvalue weighted by Gasteiger charge is 2.18. The zero-order valence-corrected chi connectivity index (χ0v) is 14.6. The molecule has 5 heteroatoms. The van der Waals surface area contributed by atoms with E-state index >= 15 is 0 Å². The Hall–Kier alpha value is -2.14. The summed E-state index contributed by atoms with van der Waals surface area (Å²) in [4.78, 5) is 26.5. The van der Waals surface area contributed by atoms with Crippen LogP contribution >= 0.6 is 0 Å². The molecular formula is C19H25NO4. The van der Waals surface area contributed by atoms with Crippen molar-refractivity contribution >= 4 is 16.9 Å². The summed E-state index contributed by atoms with van der Waals surface area (Å²) in [5, 5.41) is 0.707. The lowest BCUT2D eigenvalue weighted by atomic mass is 10.2. The first-order valence-electron chi connectivity index (χ1n) is 8.51. The van der Waals surface area contributed by atoms with Crippen LogP contribution in [-0.2, 0) is 4.74 Å². The van der Waals surface area contributed by atoms with Gasteiger partial charge in [-0.05, 0) is 51.5 Å². The molecule has 24 heavy (non-hydrogen) atoms. The van der Waals surface area contributed by atoms with E-state index in [1.165, 1.54) is 6.07 Å². The first-order valence-corrected chi connectivity index (χ1v) is 8.51. The molecule has 0 aliphatic rings. The fourth-order valence-electron chi connectivity index (χ4n) is 2.65. The average molecular weight is 331 g/mol. The second kappa shape index (κ2) is 8.64. The molecule has 1 heterocycles. The second-order valence-corrected chi connectivity index (χ2v) is 5.87. The SMILES string of the molecule is CCN(CC)CCCC(C)OC(=O)c1cc2ccccc2oc1=O. The molecule has 0 spiro atoms. The van der Waals surface area contributed by atoms with Gasteiger partial charge in [0.15, 0.2) is 0 Å². The molecule has 1 aromatic heterocycles. The van der Waals surface area contributed by atoms with E-state index in [0.29, 0.717) is 11.0 Å². The van der Waals surface area contributed by atoms with Crippen molar-refractivity contribution in [2.24, 2.45) is 0 Å². The van der Waals surface area contributed by atoms with Gasteiger partial charge in [0.2, 0.25) is 0 Å². The molecule has 130 valence electrons. The van der Waals surface area contributed by atoms with Gasteiger partial charge in [-0.3, -0.25) is 0 Å². The lowest BCUT2D eigenvalue weighted by Crippen LogP contribution is -2.26. The number of esters is 1. The molecule has 1 atom stereocenters. The van der Waals surface area contributed by atoms with Crippen molar-refractivity contribution in [3.05, 3.63) is 46.3 Å². The van der Waals surface area contributed by atoms with Crippen molar-refractivity contribution in [3.63, 3.8) is 0 Å². The van der Waals surface area contributed by atoms with Gasteiger partial charge in [-0.15, -0.1) is 0 Å². The van der Waals surface area contributed by atoms with Crippen LogP contribution < -0.4 is 5.63 Å². The lowest BCUT2D eigenvalue weighted by Gasteiger charge is -2.19. The molecule has 0 bridgehead atoms. The first kappa shape index (κ1) is 18.2. The smallest absolute Gasteiger partial charge is 0.351 e. The van der Waals surface area contributed by atoms with Crippen molar-refractivity contribution in [3.8, 4) is 0 Å². The number of rotatable bonds is 8. The Kier molecular flexibility index (Phi) is 6.55. The van der Waals surface area contributed by atoms with E-state index < -0.39 is 11.6 Å². The van der Waals surface area contributed by atoms with E-state index in [1.54, 1.807) is 18.2 Å². The van der Waals surface area contributed by atoms with Gasteiger partial charge in [0.1, 0.15) is 11.1 Å². The minimum atomic E-state index is -0.658. The number of carbonyl (C=O) groups excluding carboxylic acids is 1. The Morgan fingerprint density at radius 3 is 2.67 bits per heavy atom. The van der Waals surface area contributed by atoms with Crippen LogP contribution in [0.15, 0.2) is 39.5 Å². The van der Waals surface area contributed by atoms with E-state index in [0.717, 1.165) is 32.5 Å². The minimum absolute atomic E-state index is 0.0516. The summed E-state index contributed by atoms with van der Waals surface area (Å²) in [5.74, 6) is -0.621.